The topological polar surface area (TPSA) is 58.2 Å². The van der Waals surface area contributed by atoms with E-state index in [2.05, 4.69) is 24.5 Å². The molecule has 0 aliphatic carbocycles. The zero-order valence-corrected chi connectivity index (χ0v) is 17.1. The smallest absolute Gasteiger partial charge is 0.224 e. The van der Waals surface area contributed by atoms with E-state index in [1.165, 1.54) is 5.56 Å². The van der Waals surface area contributed by atoms with E-state index in [0.717, 1.165) is 11.3 Å². The predicted octanol–water partition coefficient (Wildman–Crippen LogP) is 5.77. The highest BCUT2D eigenvalue weighted by molar-refractivity contribution is 6.31. The number of halogens is 1. The minimum atomic E-state index is -0.128. The zero-order valence-electron chi connectivity index (χ0n) is 16.3. The van der Waals surface area contributed by atoms with Gasteiger partial charge in [-0.3, -0.25) is 9.59 Å². The molecule has 0 saturated carbocycles. The van der Waals surface area contributed by atoms with Crippen molar-refractivity contribution in [1.82, 2.24) is 0 Å². The second-order valence-electron chi connectivity index (χ2n) is 7.35. The highest BCUT2D eigenvalue weighted by Gasteiger charge is 2.14. The van der Waals surface area contributed by atoms with Crippen molar-refractivity contribution >= 4 is 34.8 Å². The van der Waals surface area contributed by atoms with Gasteiger partial charge in [-0.1, -0.05) is 50.6 Å². The fraction of sp³-hybridized carbons (Fsp3) is 0.364. The SMILES string of the molecule is Cc1ccc(NC(=O)CC(C)CC(=O)Nc2ccc(C(C)C)cc2)cc1Cl. The van der Waals surface area contributed by atoms with Crippen LogP contribution in [0.25, 0.3) is 0 Å². The van der Waals surface area contributed by atoms with Crippen LogP contribution in [0, 0.1) is 12.8 Å². The number of amides is 2. The largest absolute Gasteiger partial charge is 0.326 e. The molecule has 1 unspecified atom stereocenters. The quantitative estimate of drug-likeness (QED) is 0.635. The molecule has 2 amide bonds. The average molecular weight is 387 g/mol. The Balaban J connectivity index is 1.81. The summed E-state index contributed by atoms with van der Waals surface area (Å²) in [6.07, 6.45) is 0.555. The molecule has 1 atom stereocenters. The summed E-state index contributed by atoms with van der Waals surface area (Å²) >= 11 is 6.07. The Morgan fingerprint density at radius 1 is 0.889 bits per heavy atom. The molecule has 2 aromatic carbocycles. The van der Waals surface area contributed by atoms with Crippen LogP contribution in [0.5, 0.6) is 0 Å². The number of rotatable bonds is 7. The average Bonchev–Trinajstić information content (AvgIpc) is 2.58. The Morgan fingerprint density at radius 2 is 1.41 bits per heavy atom. The second-order valence-corrected chi connectivity index (χ2v) is 7.76. The second kappa shape index (κ2) is 9.56. The summed E-state index contributed by atoms with van der Waals surface area (Å²) in [6.45, 7) is 8.06. The maximum Gasteiger partial charge on any atom is 0.224 e. The lowest BCUT2D eigenvalue weighted by Gasteiger charge is -2.13. The van der Waals surface area contributed by atoms with Crippen molar-refractivity contribution in [3.63, 3.8) is 0 Å². The lowest BCUT2D eigenvalue weighted by atomic mass is 10.0. The van der Waals surface area contributed by atoms with Gasteiger partial charge in [0.2, 0.25) is 11.8 Å². The third-order valence-electron chi connectivity index (χ3n) is 4.38. The lowest BCUT2D eigenvalue weighted by Crippen LogP contribution is -2.20. The third kappa shape index (κ3) is 6.72. The Morgan fingerprint density at radius 3 is 1.93 bits per heavy atom. The molecule has 0 aliphatic heterocycles. The van der Waals surface area contributed by atoms with Crippen molar-refractivity contribution in [1.29, 1.82) is 0 Å². The normalized spacial score (nSPS) is 11.9. The summed E-state index contributed by atoms with van der Waals surface area (Å²) in [5.41, 5.74) is 3.63. The zero-order chi connectivity index (χ0) is 20.0. The molecule has 27 heavy (non-hydrogen) atoms. The van der Waals surface area contributed by atoms with E-state index in [0.29, 0.717) is 16.6 Å². The first-order valence-electron chi connectivity index (χ1n) is 9.20. The molecule has 0 aliphatic rings. The van der Waals surface area contributed by atoms with Crippen LogP contribution in [0.1, 0.15) is 50.7 Å². The fourth-order valence-corrected chi connectivity index (χ4v) is 2.93. The number of anilines is 2. The van der Waals surface area contributed by atoms with E-state index in [9.17, 15) is 9.59 Å². The van der Waals surface area contributed by atoms with Crippen molar-refractivity contribution in [3.8, 4) is 0 Å². The van der Waals surface area contributed by atoms with E-state index >= 15 is 0 Å². The molecular formula is C22H27ClN2O2. The van der Waals surface area contributed by atoms with E-state index in [1.54, 1.807) is 6.07 Å². The van der Waals surface area contributed by atoms with Crippen LogP contribution in [-0.2, 0) is 9.59 Å². The van der Waals surface area contributed by atoms with Crippen LogP contribution in [0.15, 0.2) is 42.5 Å². The van der Waals surface area contributed by atoms with Crippen LogP contribution in [0.4, 0.5) is 11.4 Å². The molecule has 0 spiro atoms. The molecule has 4 nitrogen and oxygen atoms in total. The van der Waals surface area contributed by atoms with Crippen molar-refractivity contribution in [2.24, 2.45) is 5.92 Å². The van der Waals surface area contributed by atoms with Gasteiger partial charge in [-0.15, -0.1) is 0 Å². The van der Waals surface area contributed by atoms with Crippen LogP contribution in [0.3, 0.4) is 0 Å². The van der Waals surface area contributed by atoms with Gasteiger partial charge in [0.25, 0.3) is 0 Å². The van der Waals surface area contributed by atoms with Crippen molar-refractivity contribution in [3.05, 3.63) is 58.6 Å². The van der Waals surface area contributed by atoms with Crippen molar-refractivity contribution in [2.45, 2.75) is 46.5 Å². The number of carbonyl (C=O) groups excluding carboxylic acids is 2. The first kappa shape index (κ1) is 21.0. The Bertz CT molecular complexity index is 800. The molecule has 0 aromatic heterocycles. The summed E-state index contributed by atoms with van der Waals surface area (Å²) in [5.74, 6) is 0.167. The van der Waals surface area contributed by atoms with E-state index in [4.69, 9.17) is 11.6 Å². The summed E-state index contributed by atoms with van der Waals surface area (Å²) in [6, 6.07) is 13.3. The summed E-state index contributed by atoms with van der Waals surface area (Å²) in [5, 5.41) is 6.33. The third-order valence-corrected chi connectivity index (χ3v) is 4.79. The van der Waals surface area contributed by atoms with Crippen LogP contribution in [-0.4, -0.2) is 11.8 Å². The standard InChI is InChI=1S/C22H27ClN2O2/c1-14(2)17-6-9-18(10-7-17)24-21(26)11-15(3)12-22(27)25-19-8-5-16(4)20(23)13-19/h5-10,13-15H,11-12H2,1-4H3,(H,24,26)(H,25,27). The summed E-state index contributed by atoms with van der Waals surface area (Å²) in [4.78, 5) is 24.4. The van der Waals surface area contributed by atoms with Gasteiger partial charge in [-0.2, -0.15) is 0 Å². The number of aryl methyl sites for hydroxylation is 1. The maximum absolute atomic E-state index is 12.2. The molecule has 144 valence electrons. The molecule has 0 bridgehead atoms. The molecule has 0 saturated heterocycles. The molecule has 2 aromatic rings. The first-order valence-corrected chi connectivity index (χ1v) is 9.58. The molecular weight excluding hydrogens is 360 g/mol. The predicted molar refractivity (Wildman–Crippen MR) is 112 cm³/mol. The molecule has 2 N–H and O–H groups in total. The highest BCUT2D eigenvalue weighted by atomic mass is 35.5. The number of hydrogen-bond acceptors (Lipinski definition) is 2. The van der Waals surface area contributed by atoms with Gasteiger partial charge in [0.05, 0.1) is 0 Å². The molecule has 0 fully saturated rings. The Labute approximate surface area is 166 Å². The number of hydrogen-bond donors (Lipinski definition) is 2. The molecule has 0 heterocycles. The van der Waals surface area contributed by atoms with E-state index < -0.39 is 0 Å². The van der Waals surface area contributed by atoms with Gasteiger partial charge in [0, 0.05) is 29.2 Å². The Hall–Kier alpha value is -2.33. The van der Waals surface area contributed by atoms with Crippen molar-refractivity contribution in [2.75, 3.05) is 10.6 Å². The lowest BCUT2D eigenvalue weighted by molar-refractivity contribution is -0.118. The van der Waals surface area contributed by atoms with E-state index in [-0.39, 0.29) is 30.6 Å². The van der Waals surface area contributed by atoms with Gasteiger partial charge in [0.1, 0.15) is 0 Å². The van der Waals surface area contributed by atoms with Gasteiger partial charge >= 0.3 is 0 Å². The monoisotopic (exact) mass is 386 g/mol. The number of benzene rings is 2. The van der Waals surface area contributed by atoms with E-state index in [1.807, 2.05) is 50.2 Å². The Kier molecular flexibility index (Phi) is 7.43. The number of carbonyl (C=O) groups is 2. The van der Waals surface area contributed by atoms with Crippen LogP contribution < -0.4 is 10.6 Å². The van der Waals surface area contributed by atoms with Crippen LogP contribution in [0.2, 0.25) is 5.02 Å². The minimum absolute atomic E-state index is 0.0687. The van der Waals surface area contributed by atoms with Gasteiger partial charge < -0.3 is 10.6 Å². The summed E-state index contributed by atoms with van der Waals surface area (Å²) < 4.78 is 0. The van der Waals surface area contributed by atoms with Gasteiger partial charge in [0.15, 0.2) is 0 Å². The van der Waals surface area contributed by atoms with Gasteiger partial charge in [-0.05, 0) is 54.2 Å². The minimum Gasteiger partial charge on any atom is -0.326 e. The number of nitrogens with one attached hydrogen (secondary N) is 2. The fourth-order valence-electron chi connectivity index (χ4n) is 2.75. The molecule has 2 rings (SSSR count). The molecule has 0 radical (unpaired) electrons. The summed E-state index contributed by atoms with van der Waals surface area (Å²) in [7, 11) is 0. The van der Waals surface area contributed by atoms with Gasteiger partial charge in [-0.25, -0.2) is 0 Å². The highest BCUT2D eigenvalue weighted by Crippen LogP contribution is 2.21. The van der Waals surface area contributed by atoms with Crippen LogP contribution >= 0.6 is 11.6 Å². The maximum atomic E-state index is 12.2. The first-order chi connectivity index (χ1) is 12.7. The van der Waals surface area contributed by atoms with Crippen molar-refractivity contribution < 1.29 is 9.59 Å². The molecule has 5 heteroatoms.